The Bertz CT molecular complexity index is 427. The lowest BCUT2D eigenvalue weighted by atomic mass is 9.89. The van der Waals surface area contributed by atoms with Gasteiger partial charge in [0.25, 0.3) is 0 Å². The summed E-state index contributed by atoms with van der Waals surface area (Å²) in [7, 11) is 0. The van der Waals surface area contributed by atoms with Gasteiger partial charge in [0.2, 0.25) is 0 Å². The topological polar surface area (TPSA) is 12.0 Å². The van der Waals surface area contributed by atoms with Crippen molar-refractivity contribution in [3.63, 3.8) is 0 Å². The molecular formula is C13H15F4N. The van der Waals surface area contributed by atoms with E-state index in [1.165, 1.54) is 6.07 Å². The van der Waals surface area contributed by atoms with E-state index in [4.69, 9.17) is 0 Å². The highest BCUT2D eigenvalue weighted by Crippen LogP contribution is 2.36. The van der Waals surface area contributed by atoms with Gasteiger partial charge in [-0.1, -0.05) is 13.0 Å². The maximum absolute atomic E-state index is 13.2. The third-order valence-corrected chi connectivity index (χ3v) is 3.51. The predicted molar refractivity (Wildman–Crippen MR) is 60.8 cm³/mol. The molecular weight excluding hydrogens is 246 g/mol. The molecule has 2 atom stereocenters. The molecule has 1 N–H and O–H groups in total. The zero-order valence-electron chi connectivity index (χ0n) is 10.0. The summed E-state index contributed by atoms with van der Waals surface area (Å²) in [5.74, 6) is -1.16. The lowest BCUT2D eigenvalue weighted by molar-refractivity contribution is -0.140. The van der Waals surface area contributed by atoms with Gasteiger partial charge in [-0.2, -0.15) is 13.2 Å². The van der Waals surface area contributed by atoms with Crippen LogP contribution < -0.4 is 5.32 Å². The molecule has 1 aliphatic rings. The summed E-state index contributed by atoms with van der Waals surface area (Å²) in [5, 5.41) is 3.25. The van der Waals surface area contributed by atoms with Crippen molar-refractivity contribution in [3.05, 3.63) is 35.1 Å². The largest absolute Gasteiger partial charge is 0.419 e. The number of benzene rings is 1. The Balaban J connectivity index is 2.35. The minimum absolute atomic E-state index is 0.0386. The summed E-state index contributed by atoms with van der Waals surface area (Å²) in [6, 6.07) is 3.51. The standard InChI is InChI=1S/C13H15F4N/c1-2-12-9(5-6-18-12)8-3-4-11(14)10(7-8)13(15,16)17/h3-4,7,9,12,18H,2,5-6H2,1H3. The highest BCUT2D eigenvalue weighted by atomic mass is 19.4. The summed E-state index contributed by atoms with van der Waals surface area (Å²) in [4.78, 5) is 0. The molecule has 1 nitrogen and oxygen atoms in total. The van der Waals surface area contributed by atoms with Crippen molar-refractivity contribution in [1.82, 2.24) is 5.32 Å². The molecule has 5 heteroatoms. The number of halogens is 4. The third-order valence-electron chi connectivity index (χ3n) is 3.51. The smallest absolute Gasteiger partial charge is 0.313 e. The summed E-state index contributed by atoms with van der Waals surface area (Å²) < 4.78 is 51.1. The van der Waals surface area contributed by atoms with Crippen LogP contribution in [-0.4, -0.2) is 12.6 Å². The van der Waals surface area contributed by atoms with E-state index >= 15 is 0 Å². The maximum atomic E-state index is 13.2. The Morgan fingerprint density at radius 1 is 1.33 bits per heavy atom. The lowest BCUT2D eigenvalue weighted by Gasteiger charge is -2.19. The van der Waals surface area contributed by atoms with Gasteiger partial charge >= 0.3 is 6.18 Å². The first-order chi connectivity index (χ1) is 8.43. The van der Waals surface area contributed by atoms with Crippen molar-refractivity contribution < 1.29 is 17.6 Å². The molecule has 0 bridgehead atoms. The quantitative estimate of drug-likeness (QED) is 0.800. The van der Waals surface area contributed by atoms with Crippen molar-refractivity contribution in [2.75, 3.05) is 6.54 Å². The van der Waals surface area contributed by atoms with Gasteiger partial charge in [-0.3, -0.25) is 0 Å². The van der Waals surface area contributed by atoms with Gasteiger partial charge in [-0.15, -0.1) is 0 Å². The van der Waals surface area contributed by atoms with Crippen molar-refractivity contribution in [3.8, 4) is 0 Å². The van der Waals surface area contributed by atoms with Gasteiger partial charge < -0.3 is 5.32 Å². The number of hydrogen-bond acceptors (Lipinski definition) is 1. The van der Waals surface area contributed by atoms with Crippen molar-refractivity contribution in [1.29, 1.82) is 0 Å². The van der Waals surface area contributed by atoms with E-state index in [9.17, 15) is 17.6 Å². The van der Waals surface area contributed by atoms with E-state index in [-0.39, 0.29) is 12.0 Å². The van der Waals surface area contributed by atoms with Crippen molar-refractivity contribution in [2.24, 2.45) is 0 Å². The van der Waals surface area contributed by atoms with Crippen molar-refractivity contribution in [2.45, 2.75) is 37.9 Å². The molecule has 100 valence electrons. The molecule has 1 heterocycles. The van der Waals surface area contributed by atoms with Crippen LogP contribution in [0.4, 0.5) is 17.6 Å². The SMILES string of the molecule is CCC1NCCC1c1ccc(F)c(C(F)(F)F)c1. The summed E-state index contributed by atoms with van der Waals surface area (Å²) >= 11 is 0. The van der Waals surface area contributed by atoms with E-state index in [0.717, 1.165) is 31.5 Å². The summed E-state index contributed by atoms with van der Waals surface area (Å²) in [6.45, 7) is 2.78. The maximum Gasteiger partial charge on any atom is 0.419 e. The fraction of sp³-hybridized carbons (Fsp3) is 0.538. The molecule has 18 heavy (non-hydrogen) atoms. The summed E-state index contributed by atoms with van der Waals surface area (Å²) in [6.07, 6.45) is -2.99. The van der Waals surface area contributed by atoms with Crippen LogP contribution >= 0.6 is 0 Å². The second kappa shape index (κ2) is 4.88. The summed E-state index contributed by atoms with van der Waals surface area (Å²) in [5.41, 5.74) is -0.595. The van der Waals surface area contributed by atoms with E-state index in [1.54, 1.807) is 0 Å². The van der Waals surface area contributed by atoms with Crippen molar-refractivity contribution >= 4 is 0 Å². The van der Waals surface area contributed by atoms with E-state index in [2.05, 4.69) is 5.32 Å². The van der Waals surface area contributed by atoms with Crippen LogP contribution in [0.25, 0.3) is 0 Å². The first kappa shape index (κ1) is 13.3. The van der Waals surface area contributed by atoms with Gasteiger partial charge in [0.1, 0.15) is 5.82 Å². The zero-order valence-corrected chi connectivity index (χ0v) is 10.0. The van der Waals surface area contributed by atoms with Crippen LogP contribution in [0.1, 0.15) is 36.8 Å². The molecule has 0 aliphatic carbocycles. The minimum atomic E-state index is -4.63. The fourth-order valence-electron chi connectivity index (χ4n) is 2.59. The number of rotatable bonds is 2. The van der Waals surface area contributed by atoms with Crippen LogP contribution in [0.15, 0.2) is 18.2 Å². The Morgan fingerprint density at radius 2 is 2.06 bits per heavy atom. The monoisotopic (exact) mass is 261 g/mol. The molecule has 0 spiro atoms. The van der Waals surface area contributed by atoms with Crippen LogP contribution in [0.3, 0.4) is 0 Å². The van der Waals surface area contributed by atoms with Crippen LogP contribution in [0.2, 0.25) is 0 Å². The minimum Gasteiger partial charge on any atom is -0.313 e. The molecule has 1 aromatic rings. The number of nitrogens with one attached hydrogen (secondary N) is 1. The first-order valence-electron chi connectivity index (χ1n) is 6.03. The van der Waals surface area contributed by atoms with Gasteiger partial charge in [0.15, 0.2) is 0 Å². The van der Waals surface area contributed by atoms with Gasteiger partial charge in [0.05, 0.1) is 5.56 Å². The third kappa shape index (κ3) is 2.51. The van der Waals surface area contributed by atoms with E-state index in [1.807, 2.05) is 6.92 Å². The van der Waals surface area contributed by atoms with Crippen LogP contribution in [0, 0.1) is 5.82 Å². The predicted octanol–water partition coefficient (Wildman–Crippen LogP) is 3.70. The molecule has 2 rings (SSSR count). The lowest BCUT2D eigenvalue weighted by Crippen LogP contribution is -2.25. The Kier molecular flexibility index (Phi) is 3.61. The average Bonchev–Trinajstić information content (AvgIpc) is 2.76. The second-order valence-corrected chi connectivity index (χ2v) is 4.60. The molecule has 1 fully saturated rings. The van der Waals surface area contributed by atoms with Crippen LogP contribution in [0.5, 0.6) is 0 Å². The molecule has 1 aliphatic heterocycles. The highest BCUT2D eigenvalue weighted by Gasteiger charge is 2.36. The Hall–Kier alpha value is -1.10. The zero-order chi connectivity index (χ0) is 13.3. The highest BCUT2D eigenvalue weighted by molar-refractivity contribution is 5.31. The van der Waals surface area contributed by atoms with Gasteiger partial charge in [0, 0.05) is 12.0 Å². The molecule has 1 aromatic carbocycles. The Morgan fingerprint density at radius 3 is 2.67 bits per heavy atom. The second-order valence-electron chi connectivity index (χ2n) is 4.60. The fourth-order valence-corrected chi connectivity index (χ4v) is 2.59. The first-order valence-corrected chi connectivity index (χ1v) is 6.03. The van der Waals surface area contributed by atoms with E-state index < -0.39 is 17.6 Å². The molecule has 1 saturated heterocycles. The molecule has 0 saturated carbocycles. The normalized spacial score (nSPS) is 24.5. The molecule has 0 aromatic heterocycles. The molecule has 2 unspecified atom stereocenters. The average molecular weight is 261 g/mol. The number of hydrogen-bond donors (Lipinski definition) is 1. The van der Waals surface area contributed by atoms with Gasteiger partial charge in [-0.05, 0) is 37.1 Å². The molecule has 0 amide bonds. The van der Waals surface area contributed by atoms with Gasteiger partial charge in [-0.25, -0.2) is 4.39 Å². The Labute approximate surface area is 103 Å². The number of alkyl halides is 3. The van der Waals surface area contributed by atoms with E-state index in [0.29, 0.717) is 5.56 Å². The molecule has 0 radical (unpaired) electrons. The van der Waals surface area contributed by atoms with Crippen LogP contribution in [-0.2, 0) is 6.18 Å².